The Balaban J connectivity index is 1.64. The zero-order chi connectivity index (χ0) is 13.9. The van der Waals surface area contributed by atoms with Crippen LogP contribution >= 0.6 is 0 Å². The Morgan fingerprint density at radius 3 is 3.00 bits per heavy atom. The van der Waals surface area contributed by atoms with Gasteiger partial charge in [-0.15, -0.1) is 0 Å². The van der Waals surface area contributed by atoms with Gasteiger partial charge in [-0.05, 0) is 37.1 Å². The molecule has 2 atom stereocenters. The van der Waals surface area contributed by atoms with Crippen LogP contribution in [-0.2, 0) is 11.2 Å². The van der Waals surface area contributed by atoms with Gasteiger partial charge in [0.05, 0.1) is 18.2 Å². The van der Waals surface area contributed by atoms with Crippen LogP contribution in [0, 0.1) is 5.92 Å². The van der Waals surface area contributed by atoms with E-state index in [-0.39, 0.29) is 17.9 Å². The Kier molecular flexibility index (Phi) is 3.46. The van der Waals surface area contributed by atoms with Crippen LogP contribution in [0.15, 0.2) is 47.1 Å². The summed E-state index contributed by atoms with van der Waals surface area (Å²) in [5.41, 5.74) is 2.33. The molecule has 2 heterocycles. The van der Waals surface area contributed by atoms with Gasteiger partial charge in [0.1, 0.15) is 5.76 Å². The molecule has 3 rings (SSSR count). The van der Waals surface area contributed by atoms with E-state index in [4.69, 9.17) is 4.42 Å². The number of hydrogen-bond donors (Lipinski definition) is 2. The summed E-state index contributed by atoms with van der Waals surface area (Å²) in [4.78, 5) is 12.3. The van der Waals surface area contributed by atoms with Crippen molar-refractivity contribution < 1.29 is 9.21 Å². The topological polar surface area (TPSA) is 54.3 Å². The van der Waals surface area contributed by atoms with Crippen molar-refractivity contribution in [2.75, 3.05) is 11.9 Å². The van der Waals surface area contributed by atoms with Crippen LogP contribution in [0.25, 0.3) is 0 Å². The third-order valence-electron chi connectivity index (χ3n) is 3.72. The van der Waals surface area contributed by atoms with E-state index in [0.717, 1.165) is 17.9 Å². The first-order chi connectivity index (χ1) is 9.74. The van der Waals surface area contributed by atoms with Crippen LogP contribution in [0.5, 0.6) is 0 Å². The lowest BCUT2D eigenvalue weighted by molar-refractivity contribution is -0.125. The van der Waals surface area contributed by atoms with Crippen molar-refractivity contribution in [3.05, 3.63) is 54.0 Å². The number of hydrogen-bond acceptors (Lipinski definition) is 3. The lowest BCUT2D eigenvalue weighted by Gasteiger charge is -2.26. The van der Waals surface area contributed by atoms with Crippen LogP contribution in [0.4, 0.5) is 5.69 Å². The Morgan fingerprint density at radius 2 is 2.20 bits per heavy atom. The highest BCUT2D eigenvalue weighted by Gasteiger charge is 2.25. The molecule has 4 nitrogen and oxygen atoms in total. The maximum Gasteiger partial charge on any atom is 0.225 e. The van der Waals surface area contributed by atoms with Crippen LogP contribution in [-0.4, -0.2) is 12.5 Å². The number of amides is 1. The minimum absolute atomic E-state index is 0.0395. The molecule has 0 saturated heterocycles. The van der Waals surface area contributed by atoms with Gasteiger partial charge in [0.2, 0.25) is 5.91 Å². The van der Waals surface area contributed by atoms with Gasteiger partial charge in [-0.3, -0.25) is 4.79 Å². The van der Waals surface area contributed by atoms with Crippen molar-refractivity contribution in [3.63, 3.8) is 0 Å². The summed E-state index contributed by atoms with van der Waals surface area (Å²) >= 11 is 0. The molecule has 0 aliphatic carbocycles. The molecule has 4 heteroatoms. The third-order valence-corrected chi connectivity index (χ3v) is 3.72. The zero-order valence-electron chi connectivity index (χ0n) is 11.4. The Morgan fingerprint density at radius 1 is 1.35 bits per heavy atom. The van der Waals surface area contributed by atoms with Crippen LogP contribution < -0.4 is 10.6 Å². The lowest BCUT2D eigenvalue weighted by Crippen LogP contribution is -2.39. The second kappa shape index (κ2) is 5.41. The zero-order valence-corrected chi connectivity index (χ0v) is 11.4. The number of anilines is 1. The standard InChI is InChI=1S/C16H18N2O2/c1-11(15-7-4-8-20-15)18-16(19)13-9-12-5-2-3-6-14(12)17-10-13/h2-8,11,13,17H,9-10H2,1H3,(H,18,19)/t11-,13?/m1/s1. The molecule has 1 amide bonds. The van der Waals surface area contributed by atoms with E-state index in [1.807, 2.05) is 31.2 Å². The molecule has 1 aliphatic heterocycles. The van der Waals surface area contributed by atoms with Gasteiger partial charge in [-0.25, -0.2) is 0 Å². The molecule has 0 saturated carbocycles. The molecule has 1 aliphatic rings. The van der Waals surface area contributed by atoms with Crippen LogP contribution in [0.1, 0.15) is 24.3 Å². The molecule has 0 radical (unpaired) electrons. The maximum atomic E-state index is 12.3. The number of carbonyl (C=O) groups excluding carboxylic acids is 1. The summed E-state index contributed by atoms with van der Waals surface area (Å²) in [6.45, 7) is 2.61. The quantitative estimate of drug-likeness (QED) is 0.901. The van der Waals surface area contributed by atoms with Gasteiger partial charge in [-0.2, -0.15) is 0 Å². The van der Waals surface area contributed by atoms with Crippen molar-refractivity contribution in [1.29, 1.82) is 0 Å². The van der Waals surface area contributed by atoms with Crippen molar-refractivity contribution in [1.82, 2.24) is 5.32 Å². The summed E-state index contributed by atoms with van der Waals surface area (Å²) in [5.74, 6) is 0.806. The summed E-state index contributed by atoms with van der Waals surface area (Å²) in [6, 6.07) is 11.7. The Bertz CT molecular complexity index is 592. The van der Waals surface area contributed by atoms with Crippen molar-refractivity contribution in [3.8, 4) is 0 Å². The fourth-order valence-corrected chi connectivity index (χ4v) is 2.57. The number of para-hydroxylation sites is 1. The molecule has 0 bridgehead atoms. The fraction of sp³-hybridized carbons (Fsp3) is 0.312. The van der Waals surface area contributed by atoms with Gasteiger partial charge < -0.3 is 15.1 Å². The van der Waals surface area contributed by atoms with E-state index < -0.39 is 0 Å². The SMILES string of the molecule is C[C@@H](NC(=O)C1CNc2ccccc2C1)c1ccco1. The van der Waals surface area contributed by atoms with Gasteiger partial charge in [0.25, 0.3) is 0 Å². The average Bonchev–Trinajstić information content (AvgIpc) is 3.01. The predicted molar refractivity (Wildman–Crippen MR) is 77.4 cm³/mol. The second-order valence-corrected chi connectivity index (χ2v) is 5.18. The van der Waals surface area contributed by atoms with E-state index in [0.29, 0.717) is 6.54 Å². The Labute approximate surface area is 118 Å². The van der Waals surface area contributed by atoms with Crippen molar-refractivity contribution in [2.24, 2.45) is 5.92 Å². The fourth-order valence-electron chi connectivity index (χ4n) is 2.57. The first kappa shape index (κ1) is 12.8. The normalized spacial score (nSPS) is 18.8. The molecule has 104 valence electrons. The summed E-state index contributed by atoms with van der Waals surface area (Å²) in [7, 11) is 0. The van der Waals surface area contributed by atoms with Crippen LogP contribution in [0.3, 0.4) is 0 Å². The monoisotopic (exact) mass is 270 g/mol. The molecule has 20 heavy (non-hydrogen) atoms. The summed E-state index contributed by atoms with van der Waals surface area (Å²) in [6.07, 6.45) is 2.40. The van der Waals surface area contributed by atoms with Gasteiger partial charge in [0.15, 0.2) is 0 Å². The molecule has 0 spiro atoms. The molecule has 1 aromatic heterocycles. The molecular formula is C16H18N2O2. The largest absolute Gasteiger partial charge is 0.467 e. The van der Waals surface area contributed by atoms with Crippen LogP contribution in [0.2, 0.25) is 0 Å². The minimum atomic E-state index is -0.102. The summed E-state index contributed by atoms with van der Waals surface area (Å²) < 4.78 is 5.31. The highest BCUT2D eigenvalue weighted by Crippen LogP contribution is 2.25. The van der Waals surface area contributed by atoms with E-state index in [9.17, 15) is 4.79 Å². The van der Waals surface area contributed by atoms with Crippen molar-refractivity contribution >= 4 is 11.6 Å². The number of rotatable bonds is 3. The third kappa shape index (κ3) is 2.54. The highest BCUT2D eigenvalue weighted by molar-refractivity contribution is 5.81. The van der Waals surface area contributed by atoms with Gasteiger partial charge in [0, 0.05) is 12.2 Å². The molecule has 1 unspecified atom stereocenters. The van der Waals surface area contributed by atoms with Gasteiger partial charge >= 0.3 is 0 Å². The van der Waals surface area contributed by atoms with E-state index in [1.165, 1.54) is 5.56 Å². The smallest absolute Gasteiger partial charge is 0.225 e. The predicted octanol–water partition coefficient (Wildman–Crippen LogP) is 2.74. The summed E-state index contributed by atoms with van der Waals surface area (Å²) in [5, 5.41) is 6.33. The number of benzene rings is 1. The van der Waals surface area contributed by atoms with E-state index >= 15 is 0 Å². The number of furan rings is 1. The minimum Gasteiger partial charge on any atom is -0.467 e. The Hall–Kier alpha value is -2.23. The van der Waals surface area contributed by atoms with Crippen molar-refractivity contribution in [2.45, 2.75) is 19.4 Å². The molecule has 2 N–H and O–H groups in total. The van der Waals surface area contributed by atoms with E-state index in [2.05, 4.69) is 22.8 Å². The first-order valence-electron chi connectivity index (χ1n) is 6.89. The lowest BCUT2D eigenvalue weighted by atomic mass is 9.93. The van der Waals surface area contributed by atoms with E-state index in [1.54, 1.807) is 6.26 Å². The molecule has 1 aromatic carbocycles. The second-order valence-electron chi connectivity index (χ2n) is 5.18. The van der Waals surface area contributed by atoms with Gasteiger partial charge in [-0.1, -0.05) is 18.2 Å². The highest BCUT2D eigenvalue weighted by atomic mass is 16.3. The number of nitrogens with one attached hydrogen (secondary N) is 2. The first-order valence-corrected chi connectivity index (χ1v) is 6.89. The molecular weight excluding hydrogens is 252 g/mol. The molecule has 0 fully saturated rings. The molecule has 2 aromatic rings. The average molecular weight is 270 g/mol. The number of carbonyl (C=O) groups is 1. The number of fused-ring (bicyclic) bond motifs is 1. The maximum absolute atomic E-state index is 12.3.